The molecule has 0 bridgehead atoms. The molecule has 4 heteroatoms. The van der Waals surface area contributed by atoms with Gasteiger partial charge < -0.3 is 14.6 Å². The highest BCUT2D eigenvalue weighted by Crippen LogP contribution is 2.25. The molecule has 0 atom stereocenters. The number of rotatable bonds is 7. The van der Waals surface area contributed by atoms with Crippen molar-refractivity contribution in [2.24, 2.45) is 0 Å². The maximum Gasteiger partial charge on any atom is 0.125 e. The van der Waals surface area contributed by atoms with Crippen molar-refractivity contribution in [3.05, 3.63) is 35.3 Å². The molecule has 0 saturated carbocycles. The van der Waals surface area contributed by atoms with Gasteiger partial charge in [0.25, 0.3) is 0 Å². The number of aromatic amines is 1. The van der Waals surface area contributed by atoms with Crippen molar-refractivity contribution in [2.75, 3.05) is 33.9 Å². The van der Waals surface area contributed by atoms with E-state index in [0.717, 1.165) is 35.9 Å². The summed E-state index contributed by atoms with van der Waals surface area (Å²) in [6.07, 6.45) is 3.70. The lowest BCUT2D eigenvalue weighted by Gasteiger charge is -2.10. The molecule has 110 valence electrons. The molecule has 1 aromatic heterocycles. The highest BCUT2D eigenvalue weighted by molar-refractivity contribution is 5.86. The number of likely N-dealkylation sites (N-methyl/N-ethyl adjacent to an activating group) is 1. The van der Waals surface area contributed by atoms with E-state index < -0.39 is 0 Å². The number of nitrogens with one attached hydrogen (secondary N) is 1. The van der Waals surface area contributed by atoms with Gasteiger partial charge in [-0.3, -0.25) is 0 Å². The number of benzene rings is 1. The second-order valence-electron chi connectivity index (χ2n) is 5.30. The lowest BCUT2D eigenvalue weighted by molar-refractivity contribution is 0.151. The van der Waals surface area contributed by atoms with Crippen LogP contribution in [-0.2, 0) is 17.6 Å². The van der Waals surface area contributed by atoms with Crippen LogP contribution in [0.15, 0.2) is 18.3 Å². The van der Waals surface area contributed by atoms with Crippen LogP contribution in [0.5, 0.6) is 0 Å². The first-order chi connectivity index (χ1) is 9.61. The van der Waals surface area contributed by atoms with E-state index in [1.54, 1.807) is 12.1 Å². The summed E-state index contributed by atoms with van der Waals surface area (Å²) in [7, 11) is 4.12. The number of nitrogens with zero attached hydrogens (tertiary/aromatic N) is 1. The Bertz CT molecular complexity index is 563. The van der Waals surface area contributed by atoms with Crippen LogP contribution in [-0.4, -0.2) is 43.7 Å². The van der Waals surface area contributed by atoms with E-state index in [1.165, 1.54) is 5.56 Å². The fraction of sp³-hybridized carbons (Fsp3) is 0.500. The molecule has 0 fully saturated rings. The largest absolute Gasteiger partial charge is 0.381 e. The van der Waals surface area contributed by atoms with Crippen molar-refractivity contribution in [1.82, 2.24) is 9.88 Å². The zero-order chi connectivity index (χ0) is 14.5. The molecule has 0 aliphatic rings. The van der Waals surface area contributed by atoms with Crippen LogP contribution in [0, 0.1) is 5.82 Å². The average molecular weight is 278 g/mol. The molecule has 3 nitrogen and oxygen atoms in total. The maximum absolute atomic E-state index is 13.7. The number of ether oxygens (including phenoxy) is 1. The van der Waals surface area contributed by atoms with Crippen LogP contribution >= 0.6 is 0 Å². The van der Waals surface area contributed by atoms with Gasteiger partial charge >= 0.3 is 0 Å². The number of aromatic nitrogens is 1. The molecule has 0 aliphatic carbocycles. The Morgan fingerprint density at radius 2 is 2.00 bits per heavy atom. The van der Waals surface area contributed by atoms with Gasteiger partial charge in [-0.05, 0) is 57.1 Å². The monoisotopic (exact) mass is 278 g/mol. The minimum atomic E-state index is -0.190. The zero-order valence-corrected chi connectivity index (χ0v) is 12.5. The summed E-state index contributed by atoms with van der Waals surface area (Å²) in [6, 6.07) is 3.20. The number of halogens is 1. The van der Waals surface area contributed by atoms with Crippen molar-refractivity contribution in [2.45, 2.75) is 19.8 Å². The van der Waals surface area contributed by atoms with Crippen LogP contribution in [0.4, 0.5) is 4.39 Å². The minimum Gasteiger partial charge on any atom is -0.381 e. The second kappa shape index (κ2) is 6.86. The van der Waals surface area contributed by atoms with Gasteiger partial charge in [0.2, 0.25) is 0 Å². The summed E-state index contributed by atoms with van der Waals surface area (Å²) in [5.41, 5.74) is 3.16. The molecular formula is C16H23FN2O. The van der Waals surface area contributed by atoms with Crippen molar-refractivity contribution in [1.29, 1.82) is 0 Å². The quantitative estimate of drug-likeness (QED) is 0.789. The molecule has 0 spiro atoms. The highest BCUT2D eigenvalue weighted by atomic mass is 19.1. The lowest BCUT2D eigenvalue weighted by Crippen LogP contribution is -2.15. The molecule has 1 aromatic carbocycles. The topological polar surface area (TPSA) is 28.3 Å². The Hall–Kier alpha value is -1.39. The fourth-order valence-electron chi connectivity index (χ4n) is 2.46. The Balaban J connectivity index is 2.29. The molecule has 2 rings (SSSR count). The van der Waals surface area contributed by atoms with E-state index in [0.29, 0.717) is 13.2 Å². The van der Waals surface area contributed by atoms with E-state index in [1.807, 2.05) is 13.1 Å². The lowest BCUT2D eigenvalue weighted by atomic mass is 10.0. The van der Waals surface area contributed by atoms with Gasteiger partial charge in [0, 0.05) is 30.3 Å². The number of hydrogen-bond donors (Lipinski definition) is 1. The van der Waals surface area contributed by atoms with Gasteiger partial charge in [-0.1, -0.05) is 0 Å². The van der Waals surface area contributed by atoms with E-state index in [9.17, 15) is 4.39 Å². The van der Waals surface area contributed by atoms with Crippen molar-refractivity contribution in [3.8, 4) is 0 Å². The number of hydrogen-bond acceptors (Lipinski definition) is 2. The number of fused-ring (bicyclic) bond motifs is 1. The average Bonchev–Trinajstić information content (AvgIpc) is 2.79. The van der Waals surface area contributed by atoms with Crippen LogP contribution < -0.4 is 0 Å². The third-order valence-electron chi connectivity index (χ3n) is 3.46. The summed E-state index contributed by atoms with van der Waals surface area (Å²) in [5, 5.41) is 1.16. The standard InChI is InChI=1S/C16H23FN2O/c1-4-20-8-6-12-9-14(17)10-15-16(12)13(11-18-15)5-7-19(2)3/h9-11,18H,4-8H2,1-3H3. The van der Waals surface area contributed by atoms with Gasteiger partial charge in [-0.2, -0.15) is 0 Å². The number of H-pyrrole nitrogens is 1. The molecule has 0 amide bonds. The second-order valence-corrected chi connectivity index (χ2v) is 5.30. The van der Waals surface area contributed by atoms with Crippen LogP contribution in [0.25, 0.3) is 10.9 Å². The summed E-state index contributed by atoms with van der Waals surface area (Å²) in [4.78, 5) is 5.34. The van der Waals surface area contributed by atoms with Crippen molar-refractivity contribution >= 4 is 10.9 Å². The van der Waals surface area contributed by atoms with E-state index in [2.05, 4.69) is 24.0 Å². The van der Waals surface area contributed by atoms with E-state index >= 15 is 0 Å². The SMILES string of the molecule is CCOCCc1cc(F)cc2[nH]cc(CCN(C)C)c12. The third kappa shape index (κ3) is 3.58. The Kier molecular flexibility index (Phi) is 5.15. The summed E-state index contributed by atoms with van der Waals surface area (Å²) >= 11 is 0. The molecule has 0 radical (unpaired) electrons. The molecule has 0 saturated heterocycles. The predicted octanol–water partition coefficient (Wildman–Crippen LogP) is 2.99. The normalized spacial score (nSPS) is 11.7. The van der Waals surface area contributed by atoms with Gasteiger partial charge in [-0.25, -0.2) is 4.39 Å². The van der Waals surface area contributed by atoms with Gasteiger partial charge in [0.1, 0.15) is 5.82 Å². The van der Waals surface area contributed by atoms with Crippen LogP contribution in [0.1, 0.15) is 18.1 Å². The zero-order valence-electron chi connectivity index (χ0n) is 12.5. The van der Waals surface area contributed by atoms with E-state index in [-0.39, 0.29) is 5.82 Å². The van der Waals surface area contributed by atoms with Gasteiger partial charge in [0.15, 0.2) is 0 Å². The summed E-state index contributed by atoms with van der Waals surface area (Å²) in [6.45, 7) is 4.28. The Morgan fingerprint density at radius 1 is 1.20 bits per heavy atom. The molecule has 1 heterocycles. The molecule has 1 N–H and O–H groups in total. The van der Waals surface area contributed by atoms with Crippen molar-refractivity contribution in [3.63, 3.8) is 0 Å². The summed E-state index contributed by atoms with van der Waals surface area (Å²) < 4.78 is 19.1. The van der Waals surface area contributed by atoms with Crippen LogP contribution in [0.2, 0.25) is 0 Å². The predicted molar refractivity (Wildman–Crippen MR) is 80.7 cm³/mol. The molecular weight excluding hydrogens is 255 g/mol. The summed E-state index contributed by atoms with van der Waals surface area (Å²) in [5.74, 6) is -0.190. The Morgan fingerprint density at radius 3 is 2.70 bits per heavy atom. The minimum absolute atomic E-state index is 0.190. The maximum atomic E-state index is 13.7. The smallest absolute Gasteiger partial charge is 0.125 e. The molecule has 20 heavy (non-hydrogen) atoms. The van der Waals surface area contributed by atoms with Crippen LogP contribution in [0.3, 0.4) is 0 Å². The molecule has 2 aromatic rings. The highest BCUT2D eigenvalue weighted by Gasteiger charge is 2.11. The first-order valence-corrected chi connectivity index (χ1v) is 7.12. The first kappa shape index (κ1) is 15.0. The van der Waals surface area contributed by atoms with Gasteiger partial charge in [-0.15, -0.1) is 0 Å². The fourth-order valence-corrected chi connectivity index (χ4v) is 2.46. The third-order valence-corrected chi connectivity index (χ3v) is 3.46. The molecule has 0 unspecified atom stereocenters. The van der Waals surface area contributed by atoms with Gasteiger partial charge in [0.05, 0.1) is 6.61 Å². The Labute approximate surface area is 119 Å². The van der Waals surface area contributed by atoms with E-state index in [4.69, 9.17) is 4.74 Å². The first-order valence-electron chi connectivity index (χ1n) is 7.12. The molecule has 0 aliphatic heterocycles. The van der Waals surface area contributed by atoms with Crippen molar-refractivity contribution < 1.29 is 9.13 Å².